The van der Waals surface area contributed by atoms with E-state index < -0.39 is 0 Å². The van der Waals surface area contributed by atoms with E-state index in [0.717, 1.165) is 60.6 Å². The second-order valence-corrected chi connectivity index (χ2v) is 14.3. The van der Waals surface area contributed by atoms with Crippen LogP contribution in [0.1, 0.15) is 25.0 Å². The second-order valence-electron chi connectivity index (χ2n) is 14.3. The minimum absolute atomic E-state index is 0.0991. The maximum absolute atomic E-state index is 5.34. The van der Waals surface area contributed by atoms with E-state index in [1.807, 2.05) is 12.3 Å². The van der Waals surface area contributed by atoms with Crippen molar-refractivity contribution in [1.29, 1.82) is 0 Å². The van der Waals surface area contributed by atoms with Gasteiger partial charge in [-0.2, -0.15) is 9.97 Å². The van der Waals surface area contributed by atoms with Gasteiger partial charge >= 0.3 is 0 Å². The molecule has 4 aromatic heterocycles. The van der Waals surface area contributed by atoms with Gasteiger partial charge in [0.15, 0.2) is 11.6 Å². The molecule has 0 aliphatic heterocycles. The second kappa shape index (κ2) is 11.0. The summed E-state index contributed by atoms with van der Waals surface area (Å²) in [7, 11) is 0. The molecule has 0 saturated heterocycles. The Balaban J connectivity index is 1.21. The van der Waals surface area contributed by atoms with Gasteiger partial charge < -0.3 is 0 Å². The third-order valence-electron chi connectivity index (χ3n) is 11.1. The van der Waals surface area contributed by atoms with E-state index in [-0.39, 0.29) is 5.41 Å². The normalized spacial score (nSPS) is 13.2. The number of aromatic nitrogens is 6. The Kier molecular flexibility index (Phi) is 6.20. The molecule has 6 aromatic carbocycles. The van der Waals surface area contributed by atoms with Crippen LogP contribution in [0.5, 0.6) is 0 Å². The fraction of sp³-hybridized carbons (Fsp3) is 0.0638. The molecule has 53 heavy (non-hydrogen) atoms. The van der Waals surface area contributed by atoms with Crippen LogP contribution in [-0.2, 0) is 5.41 Å². The quantitative estimate of drug-likeness (QED) is 0.186. The molecular formula is C47H32N6. The molecule has 0 spiro atoms. The summed E-state index contributed by atoms with van der Waals surface area (Å²) in [6, 6.07) is 53.3. The number of hydrogen-bond acceptors (Lipinski definition) is 4. The molecule has 10 aromatic rings. The first-order valence-electron chi connectivity index (χ1n) is 18.0. The minimum Gasteiger partial charge on any atom is -0.293 e. The molecule has 1 aliphatic carbocycles. The molecule has 0 fully saturated rings. The molecule has 4 heterocycles. The molecular weight excluding hydrogens is 649 g/mol. The van der Waals surface area contributed by atoms with Crippen LogP contribution in [0.25, 0.3) is 89.3 Å². The molecule has 0 unspecified atom stereocenters. The van der Waals surface area contributed by atoms with Crippen molar-refractivity contribution in [3.05, 3.63) is 169 Å². The standard InChI is InChI=1S/C47H32N6/c1-47(2)37-20-8-3-14-30(37)36-28-29(25-26-38(36)47)43-49-44(51-46(50-43)53-40-22-10-4-15-31(40)32-16-5-11-23-41(32)53)35-18-7-12-24-42(35)52-39-21-9-6-17-33(39)34-19-13-27-48-45(34)52/h3-28H,1-2H3. The van der Waals surface area contributed by atoms with Gasteiger partial charge in [-0.1, -0.05) is 117 Å². The van der Waals surface area contributed by atoms with E-state index >= 15 is 0 Å². The number of pyridine rings is 1. The molecule has 6 nitrogen and oxygen atoms in total. The highest BCUT2D eigenvalue weighted by molar-refractivity contribution is 6.09. The molecule has 0 saturated carbocycles. The fourth-order valence-electron chi connectivity index (χ4n) is 8.61. The molecule has 6 heteroatoms. The third-order valence-corrected chi connectivity index (χ3v) is 11.1. The lowest BCUT2D eigenvalue weighted by Crippen LogP contribution is -2.14. The van der Waals surface area contributed by atoms with Gasteiger partial charge in [0.2, 0.25) is 5.95 Å². The van der Waals surface area contributed by atoms with Gasteiger partial charge in [-0.05, 0) is 70.8 Å². The van der Waals surface area contributed by atoms with Gasteiger partial charge in [0, 0.05) is 44.3 Å². The number of hydrogen-bond donors (Lipinski definition) is 0. The van der Waals surface area contributed by atoms with Crippen LogP contribution in [0.4, 0.5) is 0 Å². The van der Waals surface area contributed by atoms with Crippen LogP contribution < -0.4 is 0 Å². The first-order valence-corrected chi connectivity index (χ1v) is 18.0. The van der Waals surface area contributed by atoms with Gasteiger partial charge in [-0.15, -0.1) is 0 Å². The summed E-state index contributed by atoms with van der Waals surface area (Å²) in [6.07, 6.45) is 1.86. The maximum Gasteiger partial charge on any atom is 0.238 e. The van der Waals surface area contributed by atoms with E-state index in [4.69, 9.17) is 19.9 Å². The lowest BCUT2D eigenvalue weighted by Gasteiger charge is -2.21. The summed E-state index contributed by atoms with van der Waals surface area (Å²) in [5, 5.41) is 4.55. The zero-order chi connectivity index (χ0) is 35.3. The van der Waals surface area contributed by atoms with E-state index in [9.17, 15) is 0 Å². The average molecular weight is 681 g/mol. The van der Waals surface area contributed by atoms with Gasteiger partial charge in [-0.25, -0.2) is 9.97 Å². The van der Waals surface area contributed by atoms with Crippen molar-refractivity contribution >= 4 is 43.7 Å². The Labute approximate surface area is 305 Å². The Bertz CT molecular complexity index is 3000. The van der Waals surface area contributed by atoms with Crippen molar-refractivity contribution in [2.24, 2.45) is 0 Å². The van der Waals surface area contributed by atoms with Crippen molar-refractivity contribution in [3.8, 4) is 45.5 Å². The predicted molar refractivity (Wildman–Crippen MR) is 215 cm³/mol. The van der Waals surface area contributed by atoms with Crippen LogP contribution in [0, 0.1) is 0 Å². The lowest BCUT2D eigenvalue weighted by atomic mass is 9.82. The first-order chi connectivity index (χ1) is 26.1. The zero-order valence-electron chi connectivity index (χ0n) is 29.2. The molecule has 0 radical (unpaired) electrons. The maximum atomic E-state index is 5.34. The van der Waals surface area contributed by atoms with Crippen LogP contribution in [-0.4, -0.2) is 29.1 Å². The predicted octanol–water partition coefficient (Wildman–Crippen LogP) is 11.1. The zero-order valence-corrected chi connectivity index (χ0v) is 29.2. The van der Waals surface area contributed by atoms with Crippen LogP contribution in [0.2, 0.25) is 0 Å². The Morgan fingerprint density at radius 1 is 0.453 bits per heavy atom. The highest BCUT2D eigenvalue weighted by Crippen LogP contribution is 2.49. The average Bonchev–Trinajstić information content (AvgIpc) is 3.81. The van der Waals surface area contributed by atoms with E-state index in [1.54, 1.807) is 0 Å². The molecule has 0 bridgehead atoms. The van der Waals surface area contributed by atoms with E-state index in [0.29, 0.717) is 17.6 Å². The summed E-state index contributed by atoms with van der Waals surface area (Å²) in [5.74, 6) is 1.77. The van der Waals surface area contributed by atoms with Crippen molar-refractivity contribution < 1.29 is 0 Å². The molecule has 11 rings (SSSR count). The highest BCUT2D eigenvalue weighted by atomic mass is 15.2. The number of rotatable bonds is 4. The van der Waals surface area contributed by atoms with Crippen LogP contribution >= 0.6 is 0 Å². The Morgan fingerprint density at radius 2 is 1.02 bits per heavy atom. The Morgan fingerprint density at radius 3 is 1.77 bits per heavy atom. The third kappa shape index (κ3) is 4.26. The number of benzene rings is 6. The summed E-state index contributed by atoms with van der Waals surface area (Å²) in [5.41, 5.74) is 11.9. The van der Waals surface area contributed by atoms with Gasteiger partial charge in [0.25, 0.3) is 0 Å². The lowest BCUT2D eigenvalue weighted by molar-refractivity contribution is 0.660. The van der Waals surface area contributed by atoms with Gasteiger partial charge in [0.05, 0.1) is 22.2 Å². The van der Waals surface area contributed by atoms with Crippen molar-refractivity contribution in [2.75, 3.05) is 0 Å². The SMILES string of the molecule is CC1(C)c2ccccc2-c2cc(-c3nc(-c4ccccc4-n4c5ccccc5c5cccnc54)nc(-n4c5ccccc5c5ccccc54)n3)ccc21. The largest absolute Gasteiger partial charge is 0.293 e. The van der Waals surface area contributed by atoms with Gasteiger partial charge in [-0.3, -0.25) is 9.13 Å². The molecule has 0 amide bonds. The van der Waals surface area contributed by atoms with Crippen molar-refractivity contribution in [2.45, 2.75) is 19.3 Å². The summed E-state index contributed by atoms with van der Waals surface area (Å²) >= 11 is 0. The highest BCUT2D eigenvalue weighted by Gasteiger charge is 2.35. The smallest absolute Gasteiger partial charge is 0.238 e. The van der Waals surface area contributed by atoms with E-state index in [2.05, 4.69) is 169 Å². The number of nitrogens with zero attached hydrogens (tertiary/aromatic N) is 6. The minimum atomic E-state index is -0.0991. The summed E-state index contributed by atoms with van der Waals surface area (Å²) in [4.78, 5) is 20.9. The summed E-state index contributed by atoms with van der Waals surface area (Å²) in [6.45, 7) is 4.61. The number of para-hydroxylation sites is 4. The van der Waals surface area contributed by atoms with E-state index in [1.165, 1.54) is 22.3 Å². The first kappa shape index (κ1) is 29.8. The molecule has 250 valence electrons. The van der Waals surface area contributed by atoms with Crippen molar-refractivity contribution in [1.82, 2.24) is 29.1 Å². The monoisotopic (exact) mass is 680 g/mol. The van der Waals surface area contributed by atoms with Crippen LogP contribution in [0.15, 0.2) is 158 Å². The fourth-order valence-corrected chi connectivity index (χ4v) is 8.61. The number of fused-ring (bicyclic) bond motifs is 9. The van der Waals surface area contributed by atoms with Crippen molar-refractivity contribution in [3.63, 3.8) is 0 Å². The molecule has 1 aliphatic rings. The van der Waals surface area contributed by atoms with Crippen LogP contribution in [0.3, 0.4) is 0 Å². The molecule has 0 N–H and O–H groups in total. The summed E-state index contributed by atoms with van der Waals surface area (Å²) < 4.78 is 4.41. The van der Waals surface area contributed by atoms with Gasteiger partial charge in [0.1, 0.15) is 5.65 Å². The topological polar surface area (TPSA) is 61.4 Å². The Hall–Kier alpha value is -6.92. The molecule has 0 atom stereocenters.